The number of H-pyrrole nitrogens is 1. The second-order valence-electron chi connectivity index (χ2n) is 5.60. The lowest BCUT2D eigenvalue weighted by molar-refractivity contribution is 0.103. The van der Waals surface area contributed by atoms with E-state index < -0.39 is 0 Å². The minimum atomic E-state index is -0.0251. The highest BCUT2D eigenvalue weighted by atomic mass is 16.1. The molecule has 0 radical (unpaired) electrons. The van der Waals surface area contributed by atoms with Gasteiger partial charge in [0.2, 0.25) is 0 Å². The second kappa shape index (κ2) is 5.66. The van der Waals surface area contributed by atoms with Gasteiger partial charge in [-0.05, 0) is 17.7 Å². The maximum absolute atomic E-state index is 12.8. The van der Waals surface area contributed by atoms with Crippen LogP contribution in [0.3, 0.4) is 0 Å². The summed E-state index contributed by atoms with van der Waals surface area (Å²) in [7, 11) is 0. The van der Waals surface area contributed by atoms with Crippen LogP contribution in [0.4, 0.5) is 5.95 Å². The molecule has 3 aromatic carbocycles. The summed E-state index contributed by atoms with van der Waals surface area (Å²) in [5.41, 5.74) is 10.5. The molecule has 0 amide bonds. The number of imidazole rings is 1. The molecule has 0 spiro atoms. The quantitative estimate of drug-likeness (QED) is 0.561. The van der Waals surface area contributed by atoms with Crippen molar-refractivity contribution < 1.29 is 4.79 Å². The van der Waals surface area contributed by atoms with Gasteiger partial charge in [0.15, 0.2) is 11.7 Å². The van der Waals surface area contributed by atoms with Gasteiger partial charge in [0, 0.05) is 16.7 Å². The summed E-state index contributed by atoms with van der Waals surface area (Å²) >= 11 is 0. The Labute approximate surface area is 139 Å². The van der Waals surface area contributed by atoms with E-state index in [2.05, 4.69) is 9.97 Å². The third kappa shape index (κ3) is 2.44. The number of fused-ring (bicyclic) bond motifs is 1. The van der Waals surface area contributed by atoms with Crippen LogP contribution in [-0.4, -0.2) is 15.8 Å². The third-order valence-electron chi connectivity index (χ3n) is 3.99. The van der Waals surface area contributed by atoms with Crippen LogP contribution in [0.25, 0.3) is 22.2 Å². The van der Waals surface area contributed by atoms with Crippen molar-refractivity contribution in [2.75, 3.05) is 5.73 Å². The lowest BCUT2D eigenvalue weighted by Gasteiger charge is -2.07. The van der Waals surface area contributed by atoms with Gasteiger partial charge in [0.1, 0.15) is 0 Å². The van der Waals surface area contributed by atoms with Crippen molar-refractivity contribution in [3.63, 3.8) is 0 Å². The summed E-state index contributed by atoms with van der Waals surface area (Å²) in [6.07, 6.45) is 0. The van der Waals surface area contributed by atoms with Crippen LogP contribution in [0.2, 0.25) is 0 Å². The average Bonchev–Trinajstić information content (AvgIpc) is 3.02. The predicted octanol–water partition coefficient (Wildman–Crippen LogP) is 4.04. The molecule has 0 bridgehead atoms. The summed E-state index contributed by atoms with van der Waals surface area (Å²) in [5.74, 6) is 0.314. The van der Waals surface area contributed by atoms with E-state index in [1.54, 1.807) is 6.07 Å². The number of ketones is 1. The fourth-order valence-electron chi connectivity index (χ4n) is 2.86. The number of hydrogen-bond acceptors (Lipinski definition) is 3. The van der Waals surface area contributed by atoms with Crippen LogP contribution in [0.15, 0.2) is 72.8 Å². The van der Waals surface area contributed by atoms with Crippen LogP contribution in [0.1, 0.15) is 15.9 Å². The molecule has 24 heavy (non-hydrogen) atoms. The summed E-state index contributed by atoms with van der Waals surface area (Å²) in [4.78, 5) is 20.2. The van der Waals surface area contributed by atoms with Gasteiger partial charge in [0.25, 0.3) is 0 Å². The van der Waals surface area contributed by atoms with Crippen LogP contribution < -0.4 is 5.73 Å². The summed E-state index contributed by atoms with van der Waals surface area (Å²) in [6.45, 7) is 0. The second-order valence-corrected chi connectivity index (χ2v) is 5.60. The third-order valence-corrected chi connectivity index (χ3v) is 3.99. The molecular formula is C20H15N3O. The van der Waals surface area contributed by atoms with Gasteiger partial charge in [-0.1, -0.05) is 60.7 Å². The summed E-state index contributed by atoms with van der Waals surface area (Å²) < 4.78 is 0. The molecule has 4 heteroatoms. The number of nitrogens with two attached hydrogens (primary N) is 1. The molecule has 3 N–H and O–H groups in total. The first-order valence-corrected chi connectivity index (χ1v) is 7.67. The van der Waals surface area contributed by atoms with Crippen molar-refractivity contribution in [1.29, 1.82) is 0 Å². The van der Waals surface area contributed by atoms with Crippen molar-refractivity contribution in [3.05, 3.63) is 83.9 Å². The maximum atomic E-state index is 12.8. The number of rotatable bonds is 3. The monoisotopic (exact) mass is 313 g/mol. The van der Waals surface area contributed by atoms with E-state index in [0.29, 0.717) is 17.1 Å². The molecule has 0 atom stereocenters. The number of hydrogen-bond donors (Lipinski definition) is 2. The van der Waals surface area contributed by atoms with Crippen LogP contribution in [0, 0.1) is 0 Å². The van der Waals surface area contributed by atoms with E-state index in [1.165, 1.54) is 0 Å². The summed E-state index contributed by atoms with van der Waals surface area (Å²) in [6, 6.07) is 22.8. The van der Waals surface area contributed by atoms with Gasteiger partial charge in [0.05, 0.1) is 11.0 Å². The molecule has 4 rings (SSSR count). The molecule has 4 aromatic rings. The molecular weight excluding hydrogens is 298 g/mol. The number of carbonyl (C=O) groups is 1. The van der Waals surface area contributed by atoms with Gasteiger partial charge >= 0.3 is 0 Å². The first-order valence-electron chi connectivity index (χ1n) is 7.67. The number of nitrogen functional groups attached to an aromatic ring is 1. The molecule has 0 aliphatic heterocycles. The average molecular weight is 313 g/mol. The maximum Gasteiger partial charge on any atom is 0.198 e. The van der Waals surface area contributed by atoms with E-state index in [9.17, 15) is 4.79 Å². The smallest absolute Gasteiger partial charge is 0.198 e. The molecule has 0 aliphatic rings. The van der Waals surface area contributed by atoms with Gasteiger partial charge in [-0.25, -0.2) is 4.98 Å². The predicted molar refractivity (Wildman–Crippen MR) is 95.8 cm³/mol. The van der Waals surface area contributed by atoms with Gasteiger partial charge in [-0.3, -0.25) is 4.79 Å². The van der Waals surface area contributed by atoms with Crippen molar-refractivity contribution >= 4 is 22.8 Å². The van der Waals surface area contributed by atoms with E-state index in [0.717, 1.165) is 22.2 Å². The highest BCUT2D eigenvalue weighted by Gasteiger charge is 2.15. The highest BCUT2D eigenvalue weighted by Crippen LogP contribution is 2.30. The van der Waals surface area contributed by atoms with Crippen molar-refractivity contribution in [2.24, 2.45) is 0 Å². The Kier molecular flexibility index (Phi) is 3.35. The Morgan fingerprint density at radius 3 is 2.25 bits per heavy atom. The molecule has 1 heterocycles. The number of anilines is 1. The van der Waals surface area contributed by atoms with Crippen LogP contribution in [0.5, 0.6) is 0 Å². The zero-order valence-corrected chi connectivity index (χ0v) is 12.9. The van der Waals surface area contributed by atoms with E-state index in [1.807, 2.05) is 66.7 Å². The topological polar surface area (TPSA) is 71.8 Å². The Bertz CT molecular complexity index is 1020. The Morgan fingerprint density at radius 2 is 1.54 bits per heavy atom. The molecule has 0 fully saturated rings. The molecule has 1 aromatic heterocycles. The molecule has 116 valence electrons. The Balaban J connectivity index is 1.93. The van der Waals surface area contributed by atoms with Gasteiger partial charge < -0.3 is 10.7 Å². The minimum Gasteiger partial charge on any atom is -0.369 e. The molecule has 0 unspecified atom stereocenters. The van der Waals surface area contributed by atoms with Crippen molar-refractivity contribution in [1.82, 2.24) is 9.97 Å². The lowest BCUT2D eigenvalue weighted by Crippen LogP contribution is -2.01. The van der Waals surface area contributed by atoms with E-state index in [4.69, 9.17) is 5.73 Å². The number of aromatic nitrogens is 2. The van der Waals surface area contributed by atoms with Crippen molar-refractivity contribution in [3.8, 4) is 11.1 Å². The number of benzene rings is 3. The number of nitrogens with one attached hydrogen (secondary N) is 1. The van der Waals surface area contributed by atoms with E-state index >= 15 is 0 Å². The highest BCUT2D eigenvalue weighted by molar-refractivity contribution is 6.12. The molecule has 0 saturated heterocycles. The first kappa shape index (κ1) is 14.2. The summed E-state index contributed by atoms with van der Waals surface area (Å²) in [5, 5.41) is 0. The minimum absolute atomic E-state index is 0.0251. The SMILES string of the molecule is Nc1nc2c(-c3ccccc3)cc(C(=O)c3ccccc3)cc2[nH]1. The molecule has 0 aliphatic carbocycles. The van der Waals surface area contributed by atoms with Gasteiger partial charge in [-0.15, -0.1) is 0 Å². The van der Waals surface area contributed by atoms with Crippen molar-refractivity contribution in [2.45, 2.75) is 0 Å². The van der Waals surface area contributed by atoms with Gasteiger partial charge in [-0.2, -0.15) is 0 Å². The number of aromatic amines is 1. The normalized spacial score (nSPS) is 10.8. The zero-order valence-electron chi connectivity index (χ0n) is 12.9. The van der Waals surface area contributed by atoms with Crippen LogP contribution in [-0.2, 0) is 0 Å². The van der Waals surface area contributed by atoms with Crippen LogP contribution >= 0.6 is 0 Å². The standard InChI is InChI=1S/C20H15N3O/c21-20-22-17-12-15(19(24)14-9-5-2-6-10-14)11-16(18(17)23-20)13-7-3-1-4-8-13/h1-12H,(H3,21,22,23). The fraction of sp³-hybridized carbons (Fsp3) is 0. The fourth-order valence-corrected chi connectivity index (χ4v) is 2.86. The lowest BCUT2D eigenvalue weighted by atomic mass is 9.97. The Morgan fingerprint density at radius 1 is 0.875 bits per heavy atom. The zero-order chi connectivity index (χ0) is 16.5. The Hall–Kier alpha value is -3.40. The largest absolute Gasteiger partial charge is 0.369 e. The number of nitrogens with zero attached hydrogens (tertiary/aromatic N) is 1. The van der Waals surface area contributed by atoms with E-state index in [-0.39, 0.29) is 5.78 Å². The number of carbonyl (C=O) groups excluding carboxylic acids is 1. The molecule has 0 saturated carbocycles. The first-order chi connectivity index (χ1) is 11.7. The molecule has 4 nitrogen and oxygen atoms in total.